The normalized spacial score (nSPS) is 18.6. The molecule has 25 heavy (non-hydrogen) atoms. The number of aliphatic hydroxyl groups excluding tert-OH is 1. The molecule has 0 amide bonds. The number of esters is 2. The Morgan fingerprint density at radius 1 is 1.16 bits per heavy atom. The summed E-state index contributed by atoms with van der Waals surface area (Å²) in [5.74, 6) is -2.08. The number of aliphatic hydroxyl groups is 1. The molecule has 0 aromatic heterocycles. The average molecular weight is 366 g/mol. The Hall–Kier alpha value is -2.31. The van der Waals surface area contributed by atoms with Gasteiger partial charge in [-0.15, -0.1) is 0 Å². The highest BCUT2D eigenvalue weighted by Crippen LogP contribution is 2.42. The topological polar surface area (TPSA) is 84.9 Å². The van der Waals surface area contributed by atoms with Crippen molar-refractivity contribution in [2.45, 2.75) is 25.9 Å². The minimum absolute atomic E-state index is 0.122. The lowest BCUT2D eigenvalue weighted by Gasteiger charge is -2.32. The lowest BCUT2D eigenvalue weighted by molar-refractivity contribution is -0.137. The Kier molecular flexibility index (Phi) is 5.87. The molecule has 7 heteroatoms. The van der Waals surface area contributed by atoms with Crippen LogP contribution in [0.3, 0.4) is 0 Å². The van der Waals surface area contributed by atoms with Crippen molar-refractivity contribution in [2.75, 3.05) is 14.2 Å². The van der Waals surface area contributed by atoms with Gasteiger partial charge in [0.2, 0.25) is 0 Å². The largest absolute Gasteiger partial charge is 0.466 e. The summed E-state index contributed by atoms with van der Waals surface area (Å²) in [5, 5.41) is 13.4. The van der Waals surface area contributed by atoms with Crippen molar-refractivity contribution in [2.24, 2.45) is 0 Å². The van der Waals surface area contributed by atoms with Gasteiger partial charge in [0.15, 0.2) is 0 Å². The predicted octanol–water partition coefficient (Wildman–Crippen LogP) is 2.28. The van der Waals surface area contributed by atoms with E-state index in [1.165, 1.54) is 21.1 Å². The molecule has 0 radical (unpaired) electrons. The quantitative estimate of drug-likeness (QED) is 0.796. The molecule has 0 fully saturated rings. The van der Waals surface area contributed by atoms with Gasteiger partial charge in [0.25, 0.3) is 0 Å². The van der Waals surface area contributed by atoms with E-state index in [1.54, 1.807) is 31.2 Å². The van der Waals surface area contributed by atoms with Crippen molar-refractivity contribution in [1.82, 2.24) is 5.32 Å². The number of methoxy groups -OCH3 is 2. The van der Waals surface area contributed by atoms with Crippen LogP contribution in [0, 0.1) is 0 Å². The first-order chi connectivity index (χ1) is 11.8. The van der Waals surface area contributed by atoms with Gasteiger partial charge in [0.05, 0.1) is 43.1 Å². The number of nitrogens with one attached hydrogen (secondary N) is 1. The van der Waals surface area contributed by atoms with Gasteiger partial charge in [-0.3, -0.25) is 0 Å². The highest BCUT2D eigenvalue weighted by Gasteiger charge is 2.40. The van der Waals surface area contributed by atoms with Crippen LogP contribution in [-0.2, 0) is 19.1 Å². The predicted molar refractivity (Wildman–Crippen MR) is 92.8 cm³/mol. The fraction of sp³-hybridized carbons (Fsp3) is 0.333. The van der Waals surface area contributed by atoms with Crippen LogP contribution in [0.4, 0.5) is 0 Å². The van der Waals surface area contributed by atoms with Crippen LogP contribution < -0.4 is 5.32 Å². The van der Waals surface area contributed by atoms with Gasteiger partial charge < -0.3 is 19.9 Å². The Bertz CT molecular complexity index is 766. The molecule has 1 aliphatic rings. The summed E-state index contributed by atoms with van der Waals surface area (Å²) < 4.78 is 9.79. The molecule has 1 aromatic rings. The van der Waals surface area contributed by atoms with Gasteiger partial charge in [0.1, 0.15) is 0 Å². The highest BCUT2D eigenvalue weighted by molar-refractivity contribution is 6.31. The van der Waals surface area contributed by atoms with Crippen molar-refractivity contribution in [3.05, 3.63) is 57.4 Å². The maximum Gasteiger partial charge on any atom is 0.336 e. The molecule has 2 atom stereocenters. The Balaban J connectivity index is 2.81. The summed E-state index contributed by atoms with van der Waals surface area (Å²) in [4.78, 5) is 24.9. The summed E-state index contributed by atoms with van der Waals surface area (Å²) in [5.41, 5.74) is 1.64. The monoisotopic (exact) mass is 365 g/mol. The Labute approximate surface area is 151 Å². The fourth-order valence-electron chi connectivity index (χ4n) is 2.92. The van der Waals surface area contributed by atoms with E-state index in [-0.39, 0.29) is 16.8 Å². The maximum absolute atomic E-state index is 12.5. The Morgan fingerprint density at radius 3 is 2.24 bits per heavy atom. The summed E-state index contributed by atoms with van der Waals surface area (Å²) in [6, 6.07) is 6.89. The third kappa shape index (κ3) is 3.55. The van der Waals surface area contributed by atoms with Crippen LogP contribution >= 0.6 is 11.6 Å². The third-order valence-electron chi connectivity index (χ3n) is 4.04. The van der Waals surface area contributed by atoms with E-state index in [1.807, 2.05) is 0 Å². The van der Waals surface area contributed by atoms with Gasteiger partial charge >= 0.3 is 11.9 Å². The third-order valence-corrected chi connectivity index (χ3v) is 4.38. The van der Waals surface area contributed by atoms with Gasteiger partial charge in [-0.1, -0.05) is 29.8 Å². The van der Waals surface area contributed by atoms with Gasteiger partial charge in [-0.2, -0.15) is 0 Å². The van der Waals surface area contributed by atoms with Crippen LogP contribution in [0.15, 0.2) is 46.8 Å². The molecule has 0 saturated heterocycles. The van der Waals surface area contributed by atoms with Gasteiger partial charge in [-0.05, 0) is 25.5 Å². The molecule has 2 unspecified atom stereocenters. The van der Waals surface area contributed by atoms with E-state index in [2.05, 4.69) is 5.32 Å². The SMILES string of the molecule is COC(=O)C1=C(C)NC(C(C)O)=C(C(=O)OC)C1c1ccccc1Cl. The van der Waals surface area contributed by atoms with Gasteiger partial charge in [-0.25, -0.2) is 9.59 Å². The van der Waals surface area contributed by atoms with Crippen molar-refractivity contribution in [1.29, 1.82) is 0 Å². The lowest BCUT2D eigenvalue weighted by atomic mass is 9.79. The summed E-state index contributed by atoms with van der Waals surface area (Å²) in [6.07, 6.45) is -0.978. The standard InChI is InChI=1S/C18H20ClNO5/c1-9-13(17(22)24-3)14(11-7-5-6-8-12(11)19)15(18(23)25-4)16(20-9)10(2)21/h5-8,10,14,20-21H,1-4H3. The molecule has 0 spiro atoms. The minimum Gasteiger partial charge on any atom is -0.466 e. The highest BCUT2D eigenvalue weighted by atomic mass is 35.5. The number of benzene rings is 1. The number of hydrogen-bond acceptors (Lipinski definition) is 6. The second kappa shape index (κ2) is 7.72. The molecule has 2 N–H and O–H groups in total. The molecule has 1 heterocycles. The molecule has 1 aromatic carbocycles. The molecule has 0 bridgehead atoms. The van der Waals surface area contributed by atoms with Crippen molar-refractivity contribution in [3.63, 3.8) is 0 Å². The van der Waals surface area contributed by atoms with E-state index in [4.69, 9.17) is 21.1 Å². The Morgan fingerprint density at radius 2 is 1.72 bits per heavy atom. The second-order valence-corrected chi connectivity index (χ2v) is 6.01. The van der Waals surface area contributed by atoms with Crippen LogP contribution in [0.1, 0.15) is 25.3 Å². The van der Waals surface area contributed by atoms with Crippen LogP contribution in [-0.4, -0.2) is 37.4 Å². The summed E-state index contributed by atoms with van der Waals surface area (Å²) in [6.45, 7) is 3.19. The number of carbonyl (C=O) groups excluding carboxylic acids is 2. The molecule has 0 aliphatic carbocycles. The fourth-order valence-corrected chi connectivity index (χ4v) is 3.17. The number of carbonyl (C=O) groups is 2. The second-order valence-electron chi connectivity index (χ2n) is 5.60. The first-order valence-electron chi connectivity index (χ1n) is 7.64. The molecule has 0 saturated carbocycles. The number of rotatable bonds is 4. The zero-order valence-corrected chi connectivity index (χ0v) is 15.2. The zero-order chi connectivity index (χ0) is 18.7. The van der Waals surface area contributed by atoms with Crippen molar-refractivity contribution in [3.8, 4) is 0 Å². The molecular weight excluding hydrogens is 346 g/mol. The van der Waals surface area contributed by atoms with Gasteiger partial charge in [0, 0.05) is 10.7 Å². The minimum atomic E-state index is -0.978. The van der Waals surface area contributed by atoms with Crippen molar-refractivity contribution >= 4 is 23.5 Å². The summed E-state index contributed by atoms with van der Waals surface area (Å²) >= 11 is 6.33. The van der Waals surface area contributed by atoms with Crippen LogP contribution in [0.25, 0.3) is 0 Å². The maximum atomic E-state index is 12.5. The molecule has 134 valence electrons. The number of ether oxygens (including phenoxy) is 2. The van der Waals surface area contributed by atoms with Crippen LogP contribution in [0.2, 0.25) is 5.02 Å². The lowest BCUT2D eigenvalue weighted by Crippen LogP contribution is -2.36. The number of hydrogen-bond donors (Lipinski definition) is 2. The van der Waals surface area contributed by atoms with E-state index in [9.17, 15) is 14.7 Å². The first kappa shape index (κ1) is 19.0. The van der Waals surface area contributed by atoms with E-state index in [0.29, 0.717) is 16.3 Å². The molecule has 2 rings (SSSR count). The van der Waals surface area contributed by atoms with Crippen LogP contribution in [0.5, 0.6) is 0 Å². The molecule has 6 nitrogen and oxygen atoms in total. The van der Waals surface area contributed by atoms with E-state index < -0.39 is 24.0 Å². The van der Waals surface area contributed by atoms with E-state index >= 15 is 0 Å². The number of allylic oxidation sites excluding steroid dienone is 1. The number of halogens is 1. The molecule has 1 aliphatic heterocycles. The summed E-state index contributed by atoms with van der Waals surface area (Å²) in [7, 11) is 2.50. The molecular formula is C18H20ClNO5. The smallest absolute Gasteiger partial charge is 0.336 e. The number of dihydropyridines is 1. The average Bonchev–Trinajstić information content (AvgIpc) is 2.59. The van der Waals surface area contributed by atoms with E-state index in [0.717, 1.165) is 0 Å². The van der Waals surface area contributed by atoms with Crippen molar-refractivity contribution < 1.29 is 24.2 Å². The zero-order valence-electron chi connectivity index (χ0n) is 14.4. The first-order valence-corrected chi connectivity index (χ1v) is 8.02.